The number of nitrogens with one attached hydrogen (secondary N) is 2. The van der Waals surface area contributed by atoms with E-state index in [9.17, 15) is 14.0 Å². The van der Waals surface area contributed by atoms with Crippen LogP contribution in [-0.4, -0.2) is 18.9 Å². The van der Waals surface area contributed by atoms with E-state index in [0.29, 0.717) is 22.6 Å². The molecular weight excluding hydrogens is 371 g/mol. The Hall–Kier alpha value is -3.67. The van der Waals surface area contributed by atoms with Crippen LogP contribution in [0.25, 0.3) is 0 Å². The Morgan fingerprint density at radius 3 is 2.31 bits per heavy atom. The smallest absolute Gasteiger partial charge is 0.255 e. The van der Waals surface area contributed by atoms with Gasteiger partial charge in [0.1, 0.15) is 11.6 Å². The molecule has 0 aliphatic heterocycles. The number of carbonyl (C=O) groups excluding carboxylic acids is 2. The Morgan fingerprint density at radius 2 is 1.62 bits per heavy atom. The summed E-state index contributed by atoms with van der Waals surface area (Å²) in [5, 5.41) is 5.58. The number of hydrogen-bond acceptors (Lipinski definition) is 3. The van der Waals surface area contributed by atoms with Gasteiger partial charge in [-0.1, -0.05) is 24.3 Å². The molecule has 6 heteroatoms. The highest BCUT2D eigenvalue weighted by molar-refractivity contribution is 6.06. The average Bonchev–Trinajstić information content (AvgIpc) is 2.73. The standard InChI is InChI=1S/C23H21FN2O3/c1-15-6-11-21(29-2)20(12-15)26-23(28)18-5-3-4-17(13-18)22(27)25-14-16-7-9-19(24)10-8-16/h3-13H,14H2,1-2H3,(H,25,27)(H,26,28). The van der Waals surface area contributed by atoms with E-state index in [4.69, 9.17) is 4.74 Å². The van der Waals surface area contributed by atoms with Crippen LogP contribution in [-0.2, 0) is 6.54 Å². The number of ether oxygens (including phenoxy) is 1. The molecule has 0 atom stereocenters. The first-order valence-corrected chi connectivity index (χ1v) is 9.05. The molecule has 29 heavy (non-hydrogen) atoms. The maximum Gasteiger partial charge on any atom is 0.255 e. The largest absolute Gasteiger partial charge is 0.495 e. The number of anilines is 1. The molecule has 0 saturated heterocycles. The molecule has 0 heterocycles. The highest BCUT2D eigenvalue weighted by atomic mass is 19.1. The maximum absolute atomic E-state index is 13.0. The second-order valence-corrected chi connectivity index (χ2v) is 6.55. The summed E-state index contributed by atoms with van der Waals surface area (Å²) in [5.41, 5.74) is 3.03. The number of amides is 2. The molecule has 0 fully saturated rings. The van der Waals surface area contributed by atoms with Crippen LogP contribution in [0.4, 0.5) is 10.1 Å². The zero-order valence-electron chi connectivity index (χ0n) is 16.2. The molecule has 0 spiro atoms. The molecule has 2 N–H and O–H groups in total. The summed E-state index contributed by atoms with van der Waals surface area (Å²) in [6.45, 7) is 2.18. The molecule has 3 aromatic rings. The first kappa shape index (κ1) is 20.1. The number of methoxy groups -OCH3 is 1. The fourth-order valence-corrected chi connectivity index (χ4v) is 2.80. The number of rotatable bonds is 6. The van der Waals surface area contributed by atoms with E-state index < -0.39 is 0 Å². The lowest BCUT2D eigenvalue weighted by Gasteiger charge is -2.12. The molecule has 5 nitrogen and oxygen atoms in total. The van der Waals surface area contributed by atoms with Gasteiger partial charge in [-0.25, -0.2) is 4.39 Å². The van der Waals surface area contributed by atoms with Crippen LogP contribution in [0.3, 0.4) is 0 Å². The third-order valence-electron chi connectivity index (χ3n) is 4.36. The lowest BCUT2D eigenvalue weighted by molar-refractivity contribution is 0.0951. The SMILES string of the molecule is COc1ccc(C)cc1NC(=O)c1cccc(C(=O)NCc2ccc(F)cc2)c1. The van der Waals surface area contributed by atoms with Gasteiger partial charge in [0.2, 0.25) is 0 Å². The summed E-state index contributed by atoms with van der Waals surface area (Å²) in [6, 6.07) is 17.8. The Bertz CT molecular complexity index is 1030. The Balaban J connectivity index is 1.70. The van der Waals surface area contributed by atoms with Gasteiger partial charge in [0.05, 0.1) is 12.8 Å². The predicted molar refractivity (Wildman–Crippen MR) is 110 cm³/mol. The predicted octanol–water partition coefficient (Wildman–Crippen LogP) is 4.33. The van der Waals surface area contributed by atoms with Crippen LogP contribution >= 0.6 is 0 Å². The van der Waals surface area contributed by atoms with Crippen LogP contribution in [0, 0.1) is 12.7 Å². The second kappa shape index (κ2) is 9.01. The summed E-state index contributed by atoms with van der Waals surface area (Å²) in [5.74, 6) is -0.444. The van der Waals surface area contributed by atoms with Crippen molar-refractivity contribution in [2.24, 2.45) is 0 Å². The van der Waals surface area contributed by atoms with Crippen LogP contribution < -0.4 is 15.4 Å². The second-order valence-electron chi connectivity index (χ2n) is 6.55. The average molecular weight is 392 g/mol. The van der Waals surface area contributed by atoms with Gasteiger partial charge in [-0.05, 0) is 60.5 Å². The summed E-state index contributed by atoms with van der Waals surface area (Å²) in [6.07, 6.45) is 0. The molecule has 0 aliphatic rings. The van der Waals surface area contributed by atoms with Crippen molar-refractivity contribution in [2.75, 3.05) is 12.4 Å². The van der Waals surface area contributed by atoms with E-state index in [1.165, 1.54) is 25.3 Å². The van der Waals surface area contributed by atoms with Crippen molar-refractivity contribution >= 4 is 17.5 Å². The number of hydrogen-bond donors (Lipinski definition) is 2. The fraction of sp³-hybridized carbons (Fsp3) is 0.130. The minimum atomic E-state index is -0.345. The molecule has 148 valence electrons. The highest BCUT2D eigenvalue weighted by Crippen LogP contribution is 2.25. The van der Waals surface area contributed by atoms with Gasteiger partial charge in [-0.2, -0.15) is 0 Å². The minimum Gasteiger partial charge on any atom is -0.495 e. The number of carbonyl (C=O) groups is 2. The summed E-state index contributed by atoms with van der Waals surface area (Å²) in [7, 11) is 1.53. The topological polar surface area (TPSA) is 67.4 Å². The van der Waals surface area contributed by atoms with Crippen LogP contribution in [0.2, 0.25) is 0 Å². The van der Waals surface area contributed by atoms with Crippen LogP contribution in [0.15, 0.2) is 66.7 Å². The van der Waals surface area contributed by atoms with Gasteiger partial charge in [-0.15, -0.1) is 0 Å². The van der Waals surface area contributed by atoms with Crippen molar-refractivity contribution in [3.8, 4) is 5.75 Å². The zero-order chi connectivity index (χ0) is 20.8. The lowest BCUT2D eigenvalue weighted by atomic mass is 10.1. The molecule has 0 radical (unpaired) electrons. The van der Waals surface area contributed by atoms with Gasteiger partial charge >= 0.3 is 0 Å². The maximum atomic E-state index is 13.0. The molecular formula is C23H21FN2O3. The number of halogens is 1. The van der Waals surface area contributed by atoms with Gasteiger partial charge < -0.3 is 15.4 Å². The Kier molecular flexibility index (Phi) is 6.24. The van der Waals surface area contributed by atoms with Crippen LogP contribution in [0.1, 0.15) is 31.8 Å². The third kappa shape index (κ3) is 5.19. The number of benzene rings is 3. The van der Waals surface area contributed by atoms with Crippen molar-refractivity contribution in [1.29, 1.82) is 0 Å². The van der Waals surface area contributed by atoms with Gasteiger partial charge in [-0.3, -0.25) is 9.59 Å². The summed E-state index contributed by atoms with van der Waals surface area (Å²) < 4.78 is 18.2. The third-order valence-corrected chi connectivity index (χ3v) is 4.36. The molecule has 3 rings (SSSR count). The van der Waals surface area contributed by atoms with Crippen molar-refractivity contribution in [3.63, 3.8) is 0 Å². The molecule has 2 amide bonds. The normalized spacial score (nSPS) is 10.3. The number of aryl methyl sites for hydroxylation is 1. The zero-order valence-corrected chi connectivity index (χ0v) is 16.2. The molecule has 0 aliphatic carbocycles. The molecule has 0 saturated carbocycles. The van der Waals surface area contributed by atoms with E-state index in [2.05, 4.69) is 10.6 Å². The molecule has 0 aromatic heterocycles. The minimum absolute atomic E-state index is 0.260. The van der Waals surface area contributed by atoms with Crippen molar-refractivity contribution in [3.05, 3.63) is 94.8 Å². The molecule has 0 bridgehead atoms. The fourth-order valence-electron chi connectivity index (χ4n) is 2.80. The van der Waals surface area contributed by atoms with Crippen molar-refractivity contribution in [1.82, 2.24) is 5.32 Å². The first-order chi connectivity index (χ1) is 14.0. The van der Waals surface area contributed by atoms with Gasteiger partial charge in [0.15, 0.2) is 0 Å². The quantitative estimate of drug-likeness (QED) is 0.656. The van der Waals surface area contributed by atoms with Crippen LogP contribution in [0.5, 0.6) is 5.75 Å². The first-order valence-electron chi connectivity index (χ1n) is 9.05. The van der Waals surface area contributed by atoms with Gasteiger partial charge in [0, 0.05) is 17.7 Å². The van der Waals surface area contributed by atoms with Crippen molar-refractivity contribution < 1.29 is 18.7 Å². The van der Waals surface area contributed by atoms with E-state index in [0.717, 1.165) is 11.1 Å². The Labute approximate surface area is 168 Å². The lowest BCUT2D eigenvalue weighted by Crippen LogP contribution is -2.23. The Morgan fingerprint density at radius 1 is 0.931 bits per heavy atom. The van der Waals surface area contributed by atoms with Gasteiger partial charge in [0.25, 0.3) is 11.8 Å². The van der Waals surface area contributed by atoms with E-state index in [1.54, 1.807) is 36.4 Å². The highest BCUT2D eigenvalue weighted by Gasteiger charge is 2.13. The monoisotopic (exact) mass is 392 g/mol. The van der Waals surface area contributed by atoms with E-state index in [1.807, 2.05) is 19.1 Å². The molecule has 0 unspecified atom stereocenters. The summed E-state index contributed by atoms with van der Waals surface area (Å²) >= 11 is 0. The van der Waals surface area contributed by atoms with Crippen molar-refractivity contribution in [2.45, 2.75) is 13.5 Å². The van der Waals surface area contributed by atoms with E-state index in [-0.39, 0.29) is 24.2 Å². The summed E-state index contributed by atoms with van der Waals surface area (Å²) in [4.78, 5) is 25.1. The molecule has 3 aromatic carbocycles. The van der Waals surface area contributed by atoms with E-state index >= 15 is 0 Å².